The molecule has 0 spiro atoms. The molecule has 0 radical (unpaired) electrons. The van der Waals surface area contributed by atoms with E-state index < -0.39 is 6.61 Å². The normalized spacial score (nSPS) is 17.3. The van der Waals surface area contributed by atoms with Gasteiger partial charge in [-0.1, -0.05) is 6.07 Å². The molecule has 2 amide bonds. The van der Waals surface area contributed by atoms with Crippen LogP contribution in [-0.2, 0) is 7.05 Å². The fourth-order valence-electron chi connectivity index (χ4n) is 2.82. The Balaban J connectivity index is 1.71. The summed E-state index contributed by atoms with van der Waals surface area (Å²) in [6.45, 7) is -2.31. The first-order valence-electron chi connectivity index (χ1n) is 7.51. The molecule has 1 atom stereocenters. The predicted octanol–water partition coefficient (Wildman–Crippen LogP) is 2.79. The van der Waals surface area contributed by atoms with Gasteiger partial charge in [-0.25, -0.2) is 4.79 Å². The molecular weight excluding hydrogens is 320 g/mol. The van der Waals surface area contributed by atoms with E-state index in [9.17, 15) is 13.6 Å². The minimum absolute atomic E-state index is 0.00549. The van der Waals surface area contributed by atoms with Crippen molar-refractivity contribution in [1.29, 1.82) is 0 Å². The third-order valence-corrected chi connectivity index (χ3v) is 3.87. The molecule has 0 unspecified atom stereocenters. The van der Waals surface area contributed by atoms with Gasteiger partial charge in [-0.2, -0.15) is 8.78 Å². The minimum atomic E-state index is -2.91. The van der Waals surface area contributed by atoms with Crippen molar-refractivity contribution in [2.45, 2.75) is 25.5 Å². The lowest BCUT2D eigenvalue weighted by atomic mass is 10.2. The average molecular weight is 337 g/mol. The van der Waals surface area contributed by atoms with Gasteiger partial charge in [0.2, 0.25) is 0 Å². The van der Waals surface area contributed by atoms with Gasteiger partial charge in [0.1, 0.15) is 12.1 Å². The lowest BCUT2D eigenvalue weighted by Gasteiger charge is -2.24. The molecular formula is C15H17F2N5O2. The lowest BCUT2D eigenvalue weighted by Crippen LogP contribution is -2.35. The number of carbonyl (C=O) groups is 1. The summed E-state index contributed by atoms with van der Waals surface area (Å²) in [5, 5.41) is 10.6. The predicted molar refractivity (Wildman–Crippen MR) is 81.8 cm³/mol. The Morgan fingerprint density at radius 2 is 2.29 bits per heavy atom. The van der Waals surface area contributed by atoms with Crippen molar-refractivity contribution in [3.8, 4) is 5.75 Å². The molecule has 0 saturated carbocycles. The van der Waals surface area contributed by atoms with Gasteiger partial charge in [0.05, 0.1) is 6.04 Å². The standard InChI is InChI=1S/C15H17F2N5O2/c1-21-9-18-20-13(21)12-6-3-7-22(12)15(23)19-10-4-2-5-11(8-10)24-14(16)17/h2,4-5,8-9,12,14H,3,6-7H2,1H3,(H,19,23)/t12-/m0/s1. The fourth-order valence-corrected chi connectivity index (χ4v) is 2.82. The number of rotatable bonds is 4. The van der Waals surface area contributed by atoms with Crippen molar-refractivity contribution in [2.75, 3.05) is 11.9 Å². The van der Waals surface area contributed by atoms with E-state index >= 15 is 0 Å². The second-order valence-electron chi connectivity index (χ2n) is 5.49. The Morgan fingerprint density at radius 3 is 3.00 bits per heavy atom. The topological polar surface area (TPSA) is 72.3 Å². The molecule has 1 fully saturated rings. The summed E-state index contributed by atoms with van der Waals surface area (Å²) in [5.41, 5.74) is 0.391. The van der Waals surface area contributed by atoms with Crippen LogP contribution in [0, 0.1) is 0 Å². The number of amides is 2. The van der Waals surface area contributed by atoms with Gasteiger partial charge in [-0.05, 0) is 25.0 Å². The molecule has 1 N–H and O–H groups in total. The van der Waals surface area contributed by atoms with Crippen LogP contribution in [-0.4, -0.2) is 38.9 Å². The van der Waals surface area contributed by atoms with E-state index in [1.807, 2.05) is 7.05 Å². The van der Waals surface area contributed by atoms with Gasteiger partial charge in [0.15, 0.2) is 5.82 Å². The number of nitrogens with zero attached hydrogens (tertiary/aromatic N) is 4. The van der Waals surface area contributed by atoms with Crippen LogP contribution in [0.15, 0.2) is 30.6 Å². The molecule has 1 saturated heterocycles. The number of alkyl halides is 2. The van der Waals surface area contributed by atoms with Crippen molar-refractivity contribution in [1.82, 2.24) is 19.7 Å². The summed E-state index contributed by atoms with van der Waals surface area (Å²) >= 11 is 0. The Hall–Kier alpha value is -2.71. The molecule has 1 aliphatic rings. The van der Waals surface area contributed by atoms with Crippen LogP contribution in [0.1, 0.15) is 24.7 Å². The number of carbonyl (C=O) groups excluding carboxylic acids is 1. The summed E-state index contributed by atoms with van der Waals surface area (Å²) in [4.78, 5) is 14.2. The number of urea groups is 1. The highest BCUT2D eigenvalue weighted by atomic mass is 19.3. The lowest BCUT2D eigenvalue weighted by molar-refractivity contribution is -0.0497. The molecule has 24 heavy (non-hydrogen) atoms. The van der Waals surface area contributed by atoms with Crippen molar-refractivity contribution >= 4 is 11.7 Å². The summed E-state index contributed by atoms with van der Waals surface area (Å²) in [7, 11) is 1.83. The summed E-state index contributed by atoms with van der Waals surface area (Å²) in [6.07, 6.45) is 3.25. The van der Waals surface area contributed by atoms with Crippen LogP contribution in [0.4, 0.5) is 19.3 Å². The van der Waals surface area contributed by atoms with Gasteiger partial charge in [0, 0.05) is 25.3 Å². The number of aryl methyl sites for hydroxylation is 1. The molecule has 0 aliphatic carbocycles. The van der Waals surface area contributed by atoms with E-state index in [1.54, 1.807) is 21.9 Å². The zero-order chi connectivity index (χ0) is 17.1. The van der Waals surface area contributed by atoms with Gasteiger partial charge in [-0.3, -0.25) is 0 Å². The maximum atomic E-state index is 12.5. The van der Waals surface area contributed by atoms with E-state index in [1.165, 1.54) is 18.2 Å². The Morgan fingerprint density at radius 1 is 1.46 bits per heavy atom. The van der Waals surface area contributed by atoms with E-state index in [-0.39, 0.29) is 17.8 Å². The molecule has 3 rings (SSSR count). The molecule has 2 heterocycles. The highest BCUT2D eigenvalue weighted by Gasteiger charge is 2.33. The van der Waals surface area contributed by atoms with Crippen molar-refractivity contribution in [2.24, 2.45) is 7.05 Å². The van der Waals surface area contributed by atoms with E-state index in [0.717, 1.165) is 18.7 Å². The Bertz CT molecular complexity index is 721. The number of ether oxygens (including phenoxy) is 1. The van der Waals surface area contributed by atoms with Gasteiger partial charge in [-0.15, -0.1) is 10.2 Å². The number of aromatic nitrogens is 3. The number of anilines is 1. The number of likely N-dealkylation sites (tertiary alicyclic amines) is 1. The SMILES string of the molecule is Cn1cnnc1[C@@H]1CCCN1C(=O)Nc1cccc(OC(F)F)c1. The molecule has 9 heteroatoms. The van der Waals surface area contributed by atoms with Crippen molar-refractivity contribution in [3.05, 3.63) is 36.4 Å². The van der Waals surface area contributed by atoms with Crippen LogP contribution in [0.2, 0.25) is 0 Å². The number of benzene rings is 1. The van der Waals surface area contributed by atoms with Crippen molar-refractivity contribution in [3.63, 3.8) is 0 Å². The summed E-state index contributed by atoms with van der Waals surface area (Å²) in [5.74, 6) is 0.714. The molecule has 128 valence electrons. The smallest absolute Gasteiger partial charge is 0.387 e. The molecule has 1 aromatic heterocycles. The number of hydrogen-bond acceptors (Lipinski definition) is 4. The van der Waals surface area contributed by atoms with Crippen LogP contribution in [0.3, 0.4) is 0 Å². The maximum absolute atomic E-state index is 12.5. The maximum Gasteiger partial charge on any atom is 0.387 e. The average Bonchev–Trinajstić information content (AvgIpc) is 3.15. The van der Waals surface area contributed by atoms with Gasteiger partial charge in [0.25, 0.3) is 0 Å². The van der Waals surface area contributed by atoms with Gasteiger partial charge >= 0.3 is 12.6 Å². The highest BCUT2D eigenvalue weighted by molar-refractivity contribution is 5.90. The monoisotopic (exact) mass is 337 g/mol. The Labute approximate surface area is 137 Å². The first kappa shape index (κ1) is 16.2. The second kappa shape index (κ2) is 6.81. The molecule has 1 aromatic carbocycles. The van der Waals surface area contributed by atoms with Crippen LogP contribution in [0.25, 0.3) is 0 Å². The van der Waals surface area contributed by atoms with E-state index in [2.05, 4.69) is 20.3 Å². The second-order valence-corrected chi connectivity index (χ2v) is 5.49. The number of halogens is 2. The molecule has 7 nitrogen and oxygen atoms in total. The Kier molecular flexibility index (Phi) is 4.59. The quantitative estimate of drug-likeness (QED) is 0.931. The highest BCUT2D eigenvalue weighted by Crippen LogP contribution is 2.31. The molecule has 0 bridgehead atoms. The van der Waals surface area contributed by atoms with Crippen LogP contribution >= 0.6 is 0 Å². The summed E-state index contributed by atoms with van der Waals surface area (Å²) < 4.78 is 30.7. The molecule has 1 aliphatic heterocycles. The zero-order valence-electron chi connectivity index (χ0n) is 13.0. The number of hydrogen-bond donors (Lipinski definition) is 1. The number of nitrogens with one attached hydrogen (secondary N) is 1. The van der Waals surface area contributed by atoms with Crippen LogP contribution < -0.4 is 10.1 Å². The first-order chi connectivity index (χ1) is 11.5. The first-order valence-corrected chi connectivity index (χ1v) is 7.51. The minimum Gasteiger partial charge on any atom is -0.435 e. The van der Waals surface area contributed by atoms with Gasteiger partial charge < -0.3 is 19.5 Å². The third kappa shape index (κ3) is 3.44. The zero-order valence-corrected chi connectivity index (χ0v) is 13.0. The fraction of sp³-hybridized carbons (Fsp3) is 0.400. The third-order valence-electron chi connectivity index (χ3n) is 3.87. The van der Waals surface area contributed by atoms with Crippen molar-refractivity contribution < 1.29 is 18.3 Å². The van der Waals surface area contributed by atoms with E-state index in [4.69, 9.17) is 0 Å². The van der Waals surface area contributed by atoms with E-state index in [0.29, 0.717) is 12.2 Å². The van der Waals surface area contributed by atoms with Crippen LogP contribution in [0.5, 0.6) is 5.75 Å². The largest absolute Gasteiger partial charge is 0.435 e. The summed E-state index contributed by atoms with van der Waals surface area (Å²) in [6, 6.07) is 5.45. The molecule has 2 aromatic rings.